The Hall–Kier alpha value is -3.26. The zero-order valence-corrected chi connectivity index (χ0v) is 14.4. The molecule has 0 aliphatic heterocycles. The molecule has 3 aromatic rings. The molecule has 138 valence electrons. The summed E-state index contributed by atoms with van der Waals surface area (Å²) in [6, 6.07) is 9.24. The second-order valence-corrected chi connectivity index (χ2v) is 6.00. The van der Waals surface area contributed by atoms with Gasteiger partial charge < -0.3 is 5.32 Å². The summed E-state index contributed by atoms with van der Waals surface area (Å²) < 4.78 is 28.2. The fourth-order valence-electron chi connectivity index (χ4n) is 2.39. The number of anilines is 1. The third-order valence-electron chi connectivity index (χ3n) is 3.66. The van der Waals surface area contributed by atoms with Crippen LogP contribution in [0, 0.1) is 11.6 Å². The molecule has 1 heterocycles. The first-order valence-corrected chi connectivity index (χ1v) is 8.06. The second kappa shape index (κ2) is 7.55. The molecular formula is C18H12ClF2N3O3. The van der Waals surface area contributed by atoms with Gasteiger partial charge >= 0.3 is 11.1 Å². The minimum atomic E-state index is -1.15. The first-order chi connectivity index (χ1) is 12.8. The molecule has 0 fully saturated rings. The molecule has 2 aromatic carbocycles. The van der Waals surface area contributed by atoms with Gasteiger partial charge in [0.15, 0.2) is 11.6 Å². The van der Waals surface area contributed by atoms with Crippen LogP contribution in [-0.4, -0.2) is 15.0 Å². The van der Waals surface area contributed by atoms with Crippen molar-refractivity contribution in [1.82, 2.24) is 9.13 Å². The summed E-state index contributed by atoms with van der Waals surface area (Å²) in [4.78, 5) is 36.5. The average Bonchev–Trinajstić information content (AvgIpc) is 2.62. The summed E-state index contributed by atoms with van der Waals surface area (Å²) in [5.74, 6) is -2.76. The van der Waals surface area contributed by atoms with Gasteiger partial charge in [0.2, 0.25) is 5.91 Å². The van der Waals surface area contributed by atoms with E-state index in [1.807, 2.05) is 0 Å². The smallest absolute Gasteiger partial charge is 0.320 e. The molecule has 0 aliphatic carbocycles. The van der Waals surface area contributed by atoms with Crippen molar-refractivity contribution in [3.8, 4) is 5.69 Å². The minimum Gasteiger partial charge on any atom is -0.324 e. The Kier molecular flexibility index (Phi) is 5.18. The molecule has 6 nitrogen and oxygen atoms in total. The van der Waals surface area contributed by atoms with Crippen LogP contribution in [0.15, 0.2) is 64.4 Å². The highest BCUT2D eigenvalue weighted by Gasteiger charge is 2.12. The summed E-state index contributed by atoms with van der Waals surface area (Å²) in [6.07, 6.45) is 2.41. The number of nitrogens with zero attached hydrogens (tertiary/aromatic N) is 2. The van der Waals surface area contributed by atoms with Crippen molar-refractivity contribution >= 4 is 23.2 Å². The van der Waals surface area contributed by atoms with Gasteiger partial charge in [-0.05, 0) is 30.3 Å². The van der Waals surface area contributed by atoms with E-state index in [4.69, 9.17) is 11.6 Å². The average molecular weight is 392 g/mol. The molecule has 1 aromatic heterocycles. The lowest BCUT2D eigenvalue weighted by atomic mass is 10.3. The van der Waals surface area contributed by atoms with Crippen LogP contribution < -0.4 is 16.4 Å². The lowest BCUT2D eigenvalue weighted by Gasteiger charge is -2.10. The Balaban J connectivity index is 1.84. The van der Waals surface area contributed by atoms with E-state index in [9.17, 15) is 23.2 Å². The Morgan fingerprint density at radius 1 is 1.00 bits per heavy atom. The maximum atomic E-state index is 13.3. The number of benzene rings is 2. The normalized spacial score (nSPS) is 10.6. The van der Waals surface area contributed by atoms with Gasteiger partial charge in [-0.1, -0.05) is 17.7 Å². The van der Waals surface area contributed by atoms with Gasteiger partial charge in [-0.15, -0.1) is 0 Å². The van der Waals surface area contributed by atoms with Gasteiger partial charge in [0.1, 0.15) is 6.54 Å². The molecule has 0 saturated carbocycles. The molecule has 0 spiro atoms. The molecule has 3 rings (SSSR count). The number of hydrogen-bond donors (Lipinski definition) is 1. The van der Waals surface area contributed by atoms with Crippen molar-refractivity contribution in [3.63, 3.8) is 0 Å². The van der Waals surface area contributed by atoms with Crippen molar-refractivity contribution in [2.75, 3.05) is 5.32 Å². The third-order valence-corrected chi connectivity index (χ3v) is 3.90. The summed E-state index contributed by atoms with van der Waals surface area (Å²) in [5, 5.41) is 2.98. The predicted octanol–water partition coefficient (Wildman–Crippen LogP) is 2.57. The number of rotatable bonds is 4. The van der Waals surface area contributed by atoms with E-state index in [2.05, 4.69) is 5.32 Å². The van der Waals surface area contributed by atoms with Crippen LogP contribution in [0.1, 0.15) is 0 Å². The van der Waals surface area contributed by atoms with Crippen LogP contribution in [0.5, 0.6) is 0 Å². The SMILES string of the molecule is O=C(Cn1ccn(-c2ccc(F)c(F)c2)c(=O)c1=O)Nc1cccc(Cl)c1. The number of nitrogens with one attached hydrogen (secondary N) is 1. The number of halogens is 3. The Morgan fingerprint density at radius 3 is 2.48 bits per heavy atom. The van der Waals surface area contributed by atoms with E-state index >= 15 is 0 Å². The van der Waals surface area contributed by atoms with E-state index in [0.29, 0.717) is 10.7 Å². The third kappa shape index (κ3) is 4.12. The summed E-state index contributed by atoms with van der Waals surface area (Å²) in [5.41, 5.74) is -1.55. The molecule has 1 amide bonds. The van der Waals surface area contributed by atoms with Crippen molar-refractivity contribution < 1.29 is 13.6 Å². The zero-order valence-electron chi connectivity index (χ0n) is 13.7. The number of aromatic nitrogens is 2. The van der Waals surface area contributed by atoms with Gasteiger partial charge in [0.05, 0.1) is 5.69 Å². The monoisotopic (exact) mass is 391 g/mol. The quantitative estimate of drug-likeness (QED) is 0.695. The molecular weight excluding hydrogens is 380 g/mol. The predicted molar refractivity (Wildman–Crippen MR) is 96.3 cm³/mol. The molecule has 27 heavy (non-hydrogen) atoms. The Morgan fingerprint density at radius 2 is 1.78 bits per heavy atom. The highest BCUT2D eigenvalue weighted by molar-refractivity contribution is 6.30. The van der Waals surface area contributed by atoms with Crippen LogP contribution >= 0.6 is 11.6 Å². The van der Waals surface area contributed by atoms with E-state index in [1.165, 1.54) is 18.5 Å². The standard InChI is InChI=1S/C18H12ClF2N3O3/c19-11-2-1-3-12(8-11)22-16(25)10-23-6-7-24(18(27)17(23)26)13-4-5-14(20)15(21)9-13/h1-9H,10H2,(H,22,25). The van der Waals surface area contributed by atoms with Gasteiger partial charge in [-0.25, -0.2) is 8.78 Å². The number of carbonyl (C=O) groups is 1. The van der Waals surface area contributed by atoms with Gasteiger partial charge in [0.25, 0.3) is 0 Å². The molecule has 1 N–H and O–H groups in total. The van der Waals surface area contributed by atoms with Gasteiger partial charge in [-0.2, -0.15) is 0 Å². The number of hydrogen-bond acceptors (Lipinski definition) is 3. The van der Waals surface area contributed by atoms with Crippen LogP contribution in [0.4, 0.5) is 14.5 Å². The zero-order chi connectivity index (χ0) is 19.6. The van der Waals surface area contributed by atoms with Crippen LogP contribution in [-0.2, 0) is 11.3 Å². The van der Waals surface area contributed by atoms with Crippen LogP contribution in [0.2, 0.25) is 5.02 Å². The molecule has 0 aliphatic rings. The van der Waals surface area contributed by atoms with Crippen LogP contribution in [0.25, 0.3) is 5.69 Å². The summed E-state index contributed by atoms with van der Waals surface area (Å²) >= 11 is 5.83. The van der Waals surface area contributed by atoms with Crippen molar-refractivity contribution in [1.29, 1.82) is 0 Å². The first kappa shape index (κ1) is 18.5. The lowest BCUT2D eigenvalue weighted by Crippen LogP contribution is -2.41. The molecule has 0 atom stereocenters. The maximum absolute atomic E-state index is 13.3. The molecule has 0 radical (unpaired) electrons. The van der Waals surface area contributed by atoms with Crippen molar-refractivity contribution in [2.24, 2.45) is 0 Å². The lowest BCUT2D eigenvalue weighted by molar-refractivity contribution is -0.116. The molecule has 9 heteroatoms. The fourth-order valence-corrected chi connectivity index (χ4v) is 2.58. The molecule has 0 saturated heterocycles. The van der Waals surface area contributed by atoms with E-state index < -0.39 is 35.2 Å². The highest BCUT2D eigenvalue weighted by atomic mass is 35.5. The van der Waals surface area contributed by atoms with Gasteiger partial charge in [0, 0.05) is 29.2 Å². The second-order valence-electron chi connectivity index (χ2n) is 5.56. The summed E-state index contributed by atoms with van der Waals surface area (Å²) in [7, 11) is 0. The number of amides is 1. The maximum Gasteiger partial charge on any atom is 0.320 e. The topological polar surface area (TPSA) is 73.1 Å². The van der Waals surface area contributed by atoms with Crippen molar-refractivity contribution in [3.05, 3.63) is 92.2 Å². The van der Waals surface area contributed by atoms with E-state index in [0.717, 1.165) is 27.3 Å². The van der Waals surface area contributed by atoms with Gasteiger partial charge in [-0.3, -0.25) is 23.5 Å². The summed E-state index contributed by atoms with van der Waals surface area (Å²) in [6.45, 7) is -0.404. The first-order valence-electron chi connectivity index (χ1n) is 7.68. The number of carbonyl (C=O) groups excluding carboxylic acids is 1. The van der Waals surface area contributed by atoms with Crippen LogP contribution in [0.3, 0.4) is 0 Å². The van der Waals surface area contributed by atoms with E-state index in [1.54, 1.807) is 18.2 Å². The molecule has 0 unspecified atom stereocenters. The van der Waals surface area contributed by atoms with Crippen molar-refractivity contribution in [2.45, 2.75) is 6.54 Å². The largest absolute Gasteiger partial charge is 0.324 e. The highest BCUT2D eigenvalue weighted by Crippen LogP contribution is 2.15. The Labute approximate surface area is 156 Å². The van der Waals surface area contributed by atoms with E-state index in [-0.39, 0.29) is 5.69 Å². The molecule has 0 bridgehead atoms. The fraction of sp³-hybridized carbons (Fsp3) is 0.0556. The minimum absolute atomic E-state index is 0.00784. The Bertz CT molecular complexity index is 1140.